The first kappa shape index (κ1) is 18.4. The molecule has 0 spiro atoms. The van der Waals surface area contributed by atoms with E-state index >= 15 is 0 Å². The van der Waals surface area contributed by atoms with Gasteiger partial charge in [-0.1, -0.05) is 22.0 Å². The van der Waals surface area contributed by atoms with Crippen LogP contribution in [0.3, 0.4) is 0 Å². The second-order valence-corrected chi connectivity index (χ2v) is 7.38. The van der Waals surface area contributed by atoms with E-state index < -0.39 is 0 Å². The number of ether oxygens (including phenoxy) is 1. The topological polar surface area (TPSA) is 67.3 Å². The lowest BCUT2D eigenvalue weighted by atomic mass is 10.2. The average molecular weight is 439 g/mol. The number of nitrogens with zero attached hydrogens (tertiary/aromatic N) is 3. The molecule has 1 aliphatic heterocycles. The predicted octanol–water partition coefficient (Wildman–Crippen LogP) is 4.88. The van der Waals surface area contributed by atoms with E-state index in [-0.39, 0.29) is 5.91 Å². The number of nitrogens with one attached hydrogen (secondary N) is 1. The highest BCUT2D eigenvalue weighted by Gasteiger charge is 2.20. The SMILES string of the molecule is O=C(Nc1ccc(Oc2cccc(Br)c2)nc1)c1cccnc1N1CCCC1. The van der Waals surface area contributed by atoms with Gasteiger partial charge < -0.3 is 15.0 Å². The summed E-state index contributed by atoms with van der Waals surface area (Å²) in [6.45, 7) is 1.86. The van der Waals surface area contributed by atoms with Crippen molar-refractivity contribution >= 4 is 33.3 Å². The molecule has 0 bridgehead atoms. The van der Waals surface area contributed by atoms with Crippen molar-refractivity contribution in [3.63, 3.8) is 0 Å². The molecule has 0 saturated carbocycles. The van der Waals surface area contributed by atoms with Crippen LogP contribution in [0.2, 0.25) is 0 Å². The fraction of sp³-hybridized carbons (Fsp3) is 0.190. The molecule has 7 heteroatoms. The molecular weight excluding hydrogens is 420 g/mol. The summed E-state index contributed by atoms with van der Waals surface area (Å²) in [5.74, 6) is 1.68. The van der Waals surface area contributed by atoms with Gasteiger partial charge in [-0.15, -0.1) is 0 Å². The Labute approximate surface area is 171 Å². The van der Waals surface area contributed by atoms with Crippen molar-refractivity contribution in [1.29, 1.82) is 0 Å². The summed E-state index contributed by atoms with van der Waals surface area (Å²) in [5.41, 5.74) is 1.17. The molecule has 1 aliphatic rings. The minimum atomic E-state index is -0.197. The largest absolute Gasteiger partial charge is 0.439 e. The molecule has 0 aliphatic carbocycles. The summed E-state index contributed by atoms with van der Waals surface area (Å²) < 4.78 is 6.65. The van der Waals surface area contributed by atoms with Crippen LogP contribution in [0.15, 0.2) is 65.4 Å². The molecule has 2 aromatic heterocycles. The van der Waals surface area contributed by atoms with Gasteiger partial charge in [-0.2, -0.15) is 0 Å². The summed E-state index contributed by atoms with van der Waals surface area (Å²) in [4.78, 5) is 23.6. The summed E-state index contributed by atoms with van der Waals surface area (Å²) >= 11 is 3.41. The Bertz CT molecular complexity index is 972. The molecule has 0 radical (unpaired) electrons. The molecule has 1 N–H and O–H groups in total. The Morgan fingerprint density at radius 1 is 1.07 bits per heavy atom. The maximum atomic E-state index is 12.8. The molecule has 0 atom stereocenters. The number of rotatable bonds is 5. The average Bonchev–Trinajstić information content (AvgIpc) is 3.24. The Kier molecular flexibility index (Phi) is 5.53. The van der Waals surface area contributed by atoms with E-state index in [1.54, 1.807) is 36.7 Å². The number of hydrogen-bond acceptors (Lipinski definition) is 5. The van der Waals surface area contributed by atoms with Gasteiger partial charge in [0.2, 0.25) is 5.88 Å². The molecule has 1 aromatic carbocycles. The summed E-state index contributed by atoms with van der Waals surface area (Å²) in [5, 5.41) is 2.89. The second kappa shape index (κ2) is 8.39. The van der Waals surface area contributed by atoms with Crippen LogP contribution in [0, 0.1) is 0 Å². The minimum Gasteiger partial charge on any atom is -0.439 e. The molecule has 3 heterocycles. The van der Waals surface area contributed by atoms with Crippen LogP contribution < -0.4 is 15.0 Å². The fourth-order valence-corrected chi connectivity index (χ4v) is 3.50. The lowest BCUT2D eigenvalue weighted by Crippen LogP contribution is -2.24. The molecule has 1 saturated heterocycles. The van der Waals surface area contributed by atoms with Crippen molar-refractivity contribution in [2.75, 3.05) is 23.3 Å². The first-order valence-corrected chi connectivity index (χ1v) is 9.89. The molecule has 28 heavy (non-hydrogen) atoms. The van der Waals surface area contributed by atoms with Crippen molar-refractivity contribution in [3.05, 3.63) is 71.0 Å². The first-order chi connectivity index (χ1) is 13.7. The first-order valence-electron chi connectivity index (χ1n) is 9.10. The molecule has 0 unspecified atom stereocenters. The third kappa shape index (κ3) is 4.31. The number of carbonyl (C=O) groups is 1. The quantitative estimate of drug-likeness (QED) is 0.614. The fourth-order valence-electron chi connectivity index (χ4n) is 3.12. The standard InChI is InChI=1S/C21H19BrN4O2/c22-15-5-3-6-17(13-15)28-19-9-8-16(14-24-19)25-21(27)18-7-4-10-23-20(18)26-11-1-2-12-26/h3-10,13-14H,1-2,11-12H2,(H,25,27). The molecular formula is C21H19BrN4O2. The van der Waals surface area contributed by atoms with Gasteiger partial charge in [0, 0.05) is 29.8 Å². The predicted molar refractivity (Wildman–Crippen MR) is 112 cm³/mol. The summed E-state index contributed by atoms with van der Waals surface area (Å²) in [6, 6.07) is 14.6. The van der Waals surface area contributed by atoms with E-state index in [0.29, 0.717) is 22.9 Å². The number of benzene rings is 1. The van der Waals surface area contributed by atoms with Gasteiger partial charge in [0.1, 0.15) is 11.6 Å². The van der Waals surface area contributed by atoms with Gasteiger partial charge in [0.25, 0.3) is 5.91 Å². The lowest BCUT2D eigenvalue weighted by Gasteiger charge is -2.19. The van der Waals surface area contributed by atoms with Gasteiger partial charge in [-0.25, -0.2) is 9.97 Å². The van der Waals surface area contributed by atoms with Crippen LogP contribution in [0.5, 0.6) is 11.6 Å². The second-order valence-electron chi connectivity index (χ2n) is 6.47. The van der Waals surface area contributed by atoms with Crippen LogP contribution in [-0.4, -0.2) is 29.0 Å². The van der Waals surface area contributed by atoms with E-state index in [0.717, 1.165) is 36.2 Å². The number of carbonyl (C=O) groups excluding carboxylic acids is 1. The Balaban J connectivity index is 1.45. The van der Waals surface area contributed by atoms with E-state index in [9.17, 15) is 4.79 Å². The van der Waals surface area contributed by atoms with E-state index in [1.165, 1.54) is 0 Å². The van der Waals surface area contributed by atoms with Gasteiger partial charge in [0.05, 0.1) is 17.4 Å². The van der Waals surface area contributed by atoms with Crippen LogP contribution in [-0.2, 0) is 0 Å². The third-order valence-corrected chi connectivity index (χ3v) is 4.94. The zero-order valence-electron chi connectivity index (χ0n) is 15.1. The summed E-state index contributed by atoms with van der Waals surface area (Å²) in [7, 11) is 0. The molecule has 142 valence electrons. The zero-order valence-corrected chi connectivity index (χ0v) is 16.7. The highest BCUT2D eigenvalue weighted by atomic mass is 79.9. The molecule has 3 aromatic rings. The van der Waals surface area contributed by atoms with Gasteiger partial charge in [0.15, 0.2) is 0 Å². The molecule has 4 rings (SSSR count). The monoisotopic (exact) mass is 438 g/mol. The normalized spacial score (nSPS) is 13.4. The van der Waals surface area contributed by atoms with Crippen LogP contribution >= 0.6 is 15.9 Å². The van der Waals surface area contributed by atoms with Crippen molar-refractivity contribution < 1.29 is 9.53 Å². The molecule has 1 fully saturated rings. The number of hydrogen-bond donors (Lipinski definition) is 1. The van der Waals surface area contributed by atoms with Gasteiger partial charge >= 0.3 is 0 Å². The highest BCUT2D eigenvalue weighted by molar-refractivity contribution is 9.10. The maximum absolute atomic E-state index is 12.8. The zero-order chi connectivity index (χ0) is 19.3. The van der Waals surface area contributed by atoms with Crippen LogP contribution in [0.4, 0.5) is 11.5 Å². The number of amides is 1. The van der Waals surface area contributed by atoms with Gasteiger partial charge in [-0.05, 0) is 49.2 Å². The van der Waals surface area contributed by atoms with E-state index in [1.807, 2.05) is 24.3 Å². The highest BCUT2D eigenvalue weighted by Crippen LogP contribution is 2.25. The Morgan fingerprint density at radius 3 is 2.68 bits per heavy atom. The third-order valence-electron chi connectivity index (χ3n) is 4.45. The molecule has 6 nitrogen and oxygen atoms in total. The number of aromatic nitrogens is 2. The summed E-state index contributed by atoms with van der Waals surface area (Å²) in [6.07, 6.45) is 5.55. The van der Waals surface area contributed by atoms with Crippen molar-refractivity contribution in [3.8, 4) is 11.6 Å². The Hall–Kier alpha value is -2.93. The molecule has 1 amide bonds. The smallest absolute Gasteiger partial charge is 0.259 e. The van der Waals surface area contributed by atoms with Crippen LogP contribution in [0.25, 0.3) is 0 Å². The number of pyridine rings is 2. The van der Waals surface area contributed by atoms with Crippen molar-refractivity contribution in [2.45, 2.75) is 12.8 Å². The lowest BCUT2D eigenvalue weighted by molar-refractivity contribution is 0.102. The van der Waals surface area contributed by atoms with Gasteiger partial charge in [-0.3, -0.25) is 4.79 Å². The number of anilines is 2. The van der Waals surface area contributed by atoms with E-state index in [4.69, 9.17) is 4.74 Å². The minimum absolute atomic E-state index is 0.197. The van der Waals surface area contributed by atoms with E-state index in [2.05, 4.69) is 36.1 Å². The van der Waals surface area contributed by atoms with Crippen molar-refractivity contribution in [2.24, 2.45) is 0 Å². The van der Waals surface area contributed by atoms with Crippen LogP contribution in [0.1, 0.15) is 23.2 Å². The maximum Gasteiger partial charge on any atom is 0.259 e. The number of halogens is 1. The van der Waals surface area contributed by atoms with Crippen molar-refractivity contribution in [1.82, 2.24) is 9.97 Å². The Morgan fingerprint density at radius 2 is 1.93 bits per heavy atom.